The van der Waals surface area contributed by atoms with Gasteiger partial charge in [0.15, 0.2) is 0 Å². The molecule has 0 saturated carbocycles. The van der Waals surface area contributed by atoms with Gasteiger partial charge in [-0.15, -0.1) is 0 Å². The topological polar surface area (TPSA) is 42.3 Å². The monoisotopic (exact) mass is 169 g/mol. The SMILES string of the molecule is Cc1[c]nccc1/N=[SH](/C)=O. The highest BCUT2D eigenvalue weighted by Gasteiger charge is 1.92. The van der Waals surface area contributed by atoms with Crippen LogP contribution in [0.4, 0.5) is 5.69 Å². The van der Waals surface area contributed by atoms with Gasteiger partial charge < -0.3 is 0 Å². The lowest BCUT2D eigenvalue weighted by Crippen LogP contribution is -1.77. The molecule has 1 heterocycles. The Kier molecular flexibility index (Phi) is 2.59. The normalized spacial score (nSPS) is 13.3. The van der Waals surface area contributed by atoms with E-state index in [-0.39, 0.29) is 0 Å². The maximum Gasteiger partial charge on any atom is 0.0940 e. The first-order chi connectivity index (χ1) is 5.20. The van der Waals surface area contributed by atoms with Gasteiger partial charge in [-0.05, 0) is 13.0 Å². The Morgan fingerprint density at radius 3 is 3.00 bits per heavy atom. The summed E-state index contributed by atoms with van der Waals surface area (Å²) in [6.07, 6.45) is 5.89. The Labute approximate surface area is 67.7 Å². The van der Waals surface area contributed by atoms with Crippen LogP contribution < -0.4 is 0 Å². The Hall–Kier alpha value is -0.900. The average molecular weight is 169 g/mol. The second-order valence-corrected chi connectivity index (χ2v) is 3.26. The van der Waals surface area contributed by atoms with Crippen molar-refractivity contribution in [3.63, 3.8) is 0 Å². The molecule has 0 aliphatic rings. The third-order valence-electron chi connectivity index (χ3n) is 1.17. The van der Waals surface area contributed by atoms with Gasteiger partial charge in [0.1, 0.15) is 0 Å². The second-order valence-electron chi connectivity index (χ2n) is 2.13. The zero-order chi connectivity index (χ0) is 8.27. The van der Waals surface area contributed by atoms with Crippen molar-refractivity contribution in [2.45, 2.75) is 6.92 Å². The van der Waals surface area contributed by atoms with Gasteiger partial charge in [0.25, 0.3) is 0 Å². The molecule has 1 aromatic heterocycles. The minimum absolute atomic E-state index is 0.712. The number of hydrogen-bond acceptors (Lipinski definition) is 3. The van der Waals surface area contributed by atoms with Crippen LogP contribution in [0.1, 0.15) is 5.56 Å². The summed E-state index contributed by atoms with van der Waals surface area (Å²) in [5.74, 6) is 0. The van der Waals surface area contributed by atoms with Gasteiger partial charge in [0, 0.05) is 28.6 Å². The maximum atomic E-state index is 10.7. The Balaban J connectivity index is 3.15. The predicted molar refractivity (Wildman–Crippen MR) is 45.4 cm³/mol. The van der Waals surface area contributed by atoms with Crippen molar-refractivity contribution in [2.75, 3.05) is 6.26 Å². The van der Waals surface area contributed by atoms with Crippen LogP contribution in [0, 0.1) is 13.1 Å². The molecular weight excluding hydrogens is 160 g/mol. The number of aryl methyl sites for hydroxylation is 1. The maximum absolute atomic E-state index is 10.7. The second kappa shape index (κ2) is 3.48. The van der Waals surface area contributed by atoms with E-state index < -0.39 is 10.6 Å². The summed E-state index contributed by atoms with van der Waals surface area (Å²) >= 11 is 0. The third kappa shape index (κ3) is 2.31. The molecule has 1 radical (unpaired) electrons. The lowest BCUT2D eigenvalue weighted by Gasteiger charge is -1.93. The van der Waals surface area contributed by atoms with Gasteiger partial charge in [0.2, 0.25) is 0 Å². The van der Waals surface area contributed by atoms with E-state index in [1.165, 1.54) is 0 Å². The van der Waals surface area contributed by atoms with Crippen molar-refractivity contribution in [3.8, 4) is 0 Å². The highest BCUT2D eigenvalue weighted by molar-refractivity contribution is 7.74. The van der Waals surface area contributed by atoms with E-state index in [0.717, 1.165) is 5.56 Å². The first kappa shape index (κ1) is 8.20. The molecule has 59 valence electrons. The summed E-state index contributed by atoms with van der Waals surface area (Å²) in [6.45, 7) is 1.84. The van der Waals surface area contributed by atoms with Crippen molar-refractivity contribution < 1.29 is 4.21 Å². The molecule has 1 unspecified atom stereocenters. The summed E-state index contributed by atoms with van der Waals surface area (Å²) in [7, 11) is -1.47. The lowest BCUT2D eigenvalue weighted by atomic mass is 10.3. The standard InChI is InChI=1S/C7H9N2OS/c1-6-5-8-4-3-7(6)9-11(2)10/h3-4,11H,1-2H3. The largest absolute Gasteiger partial charge is 0.254 e. The fraction of sp³-hybridized carbons (Fsp3) is 0.286. The summed E-state index contributed by atoms with van der Waals surface area (Å²) in [6, 6.07) is 1.72. The summed E-state index contributed by atoms with van der Waals surface area (Å²) in [5, 5.41) is 0. The predicted octanol–water partition coefficient (Wildman–Crippen LogP) is 1.12. The van der Waals surface area contributed by atoms with E-state index in [0.29, 0.717) is 5.69 Å². The molecule has 1 atom stereocenters. The molecule has 0 N–H and O–H groups in total. The van der Waals surface area contributed by atoms with Crippen molar-refractivity contribution >= 4 is 16.3 Å². The molecule has 0 aliphatic carbocycles. The Bertz CT molecular complexity index is 329. The Morgan fingerprint density at radius 2 is 2.45 bits per heavy atom. The van der Waals surface area contributed by atoms with E-state index in [2.05, 4.69) is 15.5 Å². The van der Waals surface area contributed by atoms with E-state index in [9.17, 15) is 4.21 Å². The fourth-order valence-corrected chi connectivity index (χ4v) is 1.20. The molecule has 11 heavy (non-hydrogen) atoms. The van der Waals surface area contributed by atoms with Crippen molar-refractivity contribution in [2.24, 2.45) is 4.36 Å². The van der Waals surface area contributed by atoms with Crippen LogP contribution in [-0.2, 0) is 10.6 Å². The fourth-order valence-electron chi connectivity index (χ4n) is 0.684. The highest BCUT2D eigenvalue weighted by Crippen LogP contribution is 2.14. The molecule has 0 saturated heterocycles. The van der Waals surface area contributed by atoms with Crippen LogP contribution in [0.2, 0.25) is 0 Å². The number of pyridine rings is 1. The number of nitrogens with zero attached hydrogens (tertiary/aromatic N) is 2. The molecule has 0 spiro atoms. The summed E-state index contributed by atoms with van der Waals surface area (Å²) < 4.78 is 14.6. The number of rotatable bonds is 1. The minimum atomic E-state index is -1.47. The average Bonchev–Trinajstić information content (AvgIpc) is 1.93. The van der Waals surface area contributed by atoms with Gasteiger partial charge in [-0.1, -0.05) is 0 Å². The van der Waals surface area contributed by atoms with Gasteiger partial charge in [0.05, 0.1) is 11.9 Å². The minimum Gasteiger partial charge on any atom is -0.254 e. The number of hydrogen-bond donors (Lipinski definition) is 1. The molecule has 1 aromatic rings. The van der Waals surface area contributed by atoms with Crippen molar-refractivity contribution in [3.05, 3.63) is 24.0 Å². The number of thiol groups is 1. The van der Waals surface area contributed by atoms with Crippen LogP contribution in [0.15, 0.2) is 16.6 Å². The molecule has 4 heteroatoms. The van der Waals surface area contributed by atoms with E-state index in [1.807, 2.05) is 6.92 Å². The quantitative estimate of drug-likeness (QED) is 0.640. The van der Waals surface area contributed by atoms with Crippen molar-refractivity contribution in [1.82, 2.24) is 4.98 Å². The third-order valence-corrected chi connectivity index (χ3v) is 1.67. The van der Waals surface area contributed by atoms with Crippen LogP contribution in [0.3, 0.4) is 0 Å². The van der Waals surface area contributed by atoms with Crippen LogP contribution in [0.5, 0.6) is 0 Å². The first-order valence-electron chi connectivity index (χ1n) is 3.16. The van der Waals surface area contributed by atoms with Crippen LogP contribution in [0.25, 0.3) is 0 Å². The zero-order valence-corrected chi connectivity index (χ0v) is 7.30. The molecule has 1 rings (SSSR count). The number of aromatic nitrogens is 1. The van der Waals surface area contributed by atoms with Crippen LogP contribution >= 0.6 is 0 Å². The molecule has 0 aromatic carbocycles. The van der Waals surface area contributed by atoms with Gasteiger partial charge in [-0.2, -0.15) is 0 Å². The molecule has 3 nitrogen and oxygen atoms in total. The van der Waals surface area contributed by atoms with E-state index in [1.54, 1.807) is 18.5 Å². The van der Waals surface area contributed by atoms with E-state index >= 15 is 0 Å². The first-order valence-corrected chi connectivity index (χ1v) is 4.82. The highest BCUT2D eigenvalue weighted by atomic mass is 32.2. The van der Waals surface area contributed by atoms with Gasteiger partial charge in [-0.25, -0.2) is 4.36 Å². The molecular formula is C7H9N2OS. The van der Waals surface area contributed by atoms with E-state index in [4.69, 9.17) is 0 Å². The van der Waals surface area contributed by atoms with Crippen molar-refractivity contribution in [1.29, 1.82) is 0 Å². The zero-order valence-electron chi connectivity index (χ0n) is 6.40. The lowest BCUT2D eigenvalue weighted by molar-refractivity contribution is 0.692. The summed E-state index contributed by atoms with van der Waals surface area (Å²) in [4.78, 5) is 3.77. The molecule has 0 fully saturated rings. The molecule has 0 aliphatic heterocycles. The van der Waals surface area contributed by atoms with Gasteiger partial charge >= 0.3 is 0 Å². The summed E-state index contributed by atoms with van der Waals surface area (Å²) in [5.41, 5.74) is 1.54. The Morgan fingerprint density at radius 1 is 1.73 bits per heavy atom. The molecule has 0 bridgehead atoms. The molecule has 0 amide bonds. The smallest absolute Gasteiger partial charge is 0.0940 e. The van der Waals surface area contributed by atoms with Crippen LogP contribution in [-0.4, -0.2) is 15.4 Å². The van der Waals surface area contributed by atoms with Gasteiger partial charge in [-0.3, -0.25) is 9.19 Å².